The molecule has 0 bridgehead atoms. The van der Waals surface area contributed by atoms with E-state index in [1.165, 1.54) is 11.3 Å². The van der Waals surface area contributed by atoms with Gasteiger partial charge in [-0.2, -0.15) is 0 Å². The Balaban J connectivity index is 0.00000225. The number of hydrogen-bond donors (Lipinski definition) is 3. The minimum absolute atomic E-state index is 0. The molecule has 5 nitrogen and oxygen atoms in total. The van der Waals surface area contributed by atoms with Gasteiger partial charge < -0.3 is 25.8 Å². The summed E-state index contributed by atoms with van der Waals surface area (Å²) in [6, 6.07) is 14.4. The number of hydrogen-bond acceptors (Lipinski definition) is 5. The molecule has 4 N–H and O–H groups in total. The first-order valence-electron chi connectivity index (χ1n) is 8.41. The number of para-hydroxylation sites is 1. The Hall–Kier alpha value is -1.95. The Kier molecular flexibility index (Phi) is 7.37. The van der Waals surface area contributed by atoms with Gasteiger partial charge in [0.05, 0.1) is 13.2 Å². The number of anilines is 3. The van der Waals surface area contributed by atoms with Crippen LogP contribution in [0.25, 0.3) is 0 Å². The maximum Gasteiger partial charge on any atom is 0.0642 e. The van der Waals surface area contributed by atoms with Crippen LogP contribution in [-0.2, 0) is 17.7 Å². The van der Waals surface area contributed by atoms with Gasteiger partial charge in [0.15, 0.2) is 0 Å². The first kappa shape index (κ1) is 19.4. The number of nitrogens with two attached hydrogens (primary N) is 1. The molecule has 0 spiro atoms. The van der Waals surface area contributed by atoms with Crippen molar-refractivity contribution in [3.05, 3.63) is 53.6 Å². The van der Waals surface area contributed by atoms with E-state index in [2.05, 4.69) is 34.5 Å². The first-order chi connectivity index (χ1) is 11.8. The fraction of sp³-hybridized carbons (Fsp3) is 0.368. The molecule has 136 valence electrons. The van der Waals surface area contributed by atoms with Crippen molar-refractivity contribution >= 4 is 29.5 Å². The van der Waals surface area contributed by atoms with Gasteiger partial charge in [-0.15, -0.1) is 12.4 Å². The third kappa shape index (κ3) is 5.01. The number of ether oxygens (including phenoxy) is 1. The van der Waals surface area contributed by atoms with Gasteiger partial charge in [-0.1, -0.05) is 18.2 Å². The van der Waals surface area contributed by atoms with Crippen LogP contribution < -0.4 is 16.0 Å². The van der Waals surface area contributed by atoms with Crippen LogP contribution in [0.3, 0.4) is 0 Å². The predicted molar refractivity (Wildman–Crippen MR) is 106 cm³/mol. The number of aliphatic hydroxyl groups is 1. The lowest BCUT2D eigenvalue weighted by Gasteiger charge is -2.30. The molecule has 1 aliphatic heterocycles. The van der Waals surface area contributed by atoms with E-state index < -0.39 is 0 Å². The van der Waals surface area contributed by atoms with Crippen LogP contribution in [0.15, 0.2) is 42.5 Å². The zero-order chi connectivity index (χ0) is 16.8. The topological polar surface area (TPSA) is 70.8 Å². The largest absolute Gasteiger partial charge is 0.399 e. The summed E-state index contributed by atoms with van der Waals surface area (Å²) in [5.74, 6) is 0. The molecule has 1 fully saturated rings. The second kappa shape index (κ2) is 9.51. The Morgan fingerprint density at radius 2 is 1.84 bits per heavy atom. The molecule has 0 aromatic heterocycles. The van der Waals surface area contributed by atoms with Gasteiger partial charge in [0.25, 0.3) is 0 Å². The van der Waals surface area contributed by atoms with Crippen LogP contribution in [-0.4, -0.2) is 38.0 Å². The fourth-order valence-electron chi connectivity index (χ4n) is 3.02. The number of halogens is 1. The summed E-state index contributed by atoms with van der Waals surface area (Å²) in [5.41, 5.74) is 11.2. The Morgan fingerprint density at radius 3 is 2.60 bits per heavy atom. The number of nitrogens with zero attached hydrogens (tertiary/aromatic N) is 1. The smallest absolute Gasteiger partial charge is 0.0642 e. The van der Waals surface area contributed by atoms with Crippen LogP contribution in [0.1, 0.15) is 11.1 Å². The second-order valence-corrected chi connectivity index (χ2v) is 5.97. The van der Waals surface area contributed by atoms with Crippen molar-refractivity contribution in [1.82, 2.24) is 0 Å². The van der Waals surface area contributed by atoms with Crippen molar-refractivity contribution in [2.75, 3.05) is 48.9 Å². The molecule has 0 saturated carbocycles. The number of morpholine rings is 1. The average Bonchev–Trinajstić information content (AvgIpc) is 2.63. The molecule has 0 radical (unpaired) electrons. The SMILES string of the molecule is Cl.Nc1ccc(NCc2ccccc2N2CCOCC2)cc1CCO. The van der Waals surface area contributed by atoms with E-state index in [1.807, 2.05) is 18.2 Å². The summed E-state index contributed by atoms with van der Waals surface area (Å²) in [6.07, 6.45) is 0.575. The molecule has 1 saturated heterocycles. The van der Waals surface area contributed by atoms with E-state index >= 15 is 0 Å². The molecule has 0 amide bonds. The number of nitrogen functional groups attached to an aromatic ring is 1. The zero-order valence-corrected chi connectivity index (χ0v) is 15.1. The molecular formula is C19H26ClN3O2. The molecule has 2 aromatic carbocycles. The highest BCUT2D eigenvalue weighted by molar-refractivity contribution is 5.85. The van der Waals surface area contributed by atoms with Gasteiger partial charge in [-0.3, -0.25) is 0 Å². The van der Waals surface area contributed by atoms with Gasteiger partial charge in [-0.05, 0) is 41.8 Å². The van der Waals surface area contributed by atoms with E-state index in [1.54, 1.807) is 0 Å². The minimum atomic E-state index is 0. The molecule has 1 aliphatic rings. The maximum absolute atomic E-state index is 9.13. The standard InChI is InChI=1S/C19H25N3O2.ClH/c20-18-6-5-17(13-15(18)7-10-23)21-14-16-3-1-2-4-19(16)22-8-11-24-12-9-22;/h1-6,13,21,23H,7-12,14,20H2;1H. The normalized spacial score (nSPS) is 14.0. The van der Waals surface area contributed by atoms with Crippen LogP contribution in [0, 0.1) is 0 Å². The summed E-state index contributed by atoms with van der Waals surface area (Å²) in [6.45, 7) is 4.27. The second-order valence-electron chi connectivity index (χ2n) is 5.97. The molecule has 3 rings (SSSR count). The van der Waals surface area contributed by atoms with Crippen LogP contribution >= 0.6 is 12.4 Å². The number of nitrogens with one attached hydrogen (secondary N) is 1. The highest BCUT2D eigenvalue weighted by atomic mass is 35.5. The summed E-state index contributed by atoms with van der Waals surface area (Å²) in [5, 5.41) is 12.6. The molecule has 1 heterocycles. The van der Waals surface area contributed by atoms with Gasteiger partial charge in [-0.25, -0.2) is 0 Å². The van der Waals surface area contributed by atoms with Crippen molar-refractivity contribution in [3.8, 4) is 0 Å². The Labute approximate surface area is 155 Å². The summed E-state index contributed by atoms with van der Waals surface area (Å²) < 4.78 is 5.45. The van der Waals surface area contributed by atoms with E-state index in [-0.39, 0.29) is 19.0 Å². The third-order valence-corrected chi connectivity index (χ3v) is 4.35. The van der Waals surface area contributed by atoms with Crippen molar-refractivity contribution in [1.29, 1.82) is 0 Å². The third-order valence-electron chi connectivity index (χ3n) is 4.35. The van der Waals surface area contributed by atoms with Crippen molar-refractivity contribution in [3.63, 3.8) is 0 Å². The lowest BCUT2D eigenvalue weighted by atomic mass is 10.1. The van der Waals surface area contributed by atoms with E-state index in [9.17, 15) is 0 Å². The molecule has 25 heavy (non-hydrogen) atoms. The Bertz CT molecular complexity index is 675. The quantitative estimate of drug-likeness (QED) is 0.688. The molecule has 0 atom stereocenters. The predicted octanol–water partition coefficient (Wildman–Crippen LogP) is 2.67. The van der Waals surface area contributed by atoms with Gasteiger partial charge >= 0.3 is 0 Å². The lowest BCUT2D eigenvalue weighted by Crippen LogP contribution is -2.36. The first-order valence-corrected chi connectivity index (χ1v) is 8.41. The molecule has 2 aromatic rings. The summed E-state index contributed by atoms with van der Waals surface area (Å²) in [7, 11) is 0. The summed E-state index contributed by atoms with van der Waals surface area (Å²) in [4.78, 5) is 2.38. The number of aliphatic hydroxyl groups excluding tert-OH is 1. The number of rotatable bonds is 6. The average molecular weight is 364 g/mol. The van der Waals surface area contributed by atoms with Crippen LogP contribution in [0.4, 0.5) is 17.1 Å². The lowest BCUT2D eigenvalue weighted by molar-refractivity contribution is 0.122. The van der Waals surface area contributed by atoms with E-state index in [0.717, 1.165) is 49.8 Å². The van der Waals surface area contributed by atoms with Crippen molar-refractivity contribution in [2.45, 2.75) is 13.0 Å². The molecular weight excluding hydrogens is 338 g/mol. The van der Waals surface area contributed by atoms with Crippen molar-refractivity contribution < 1.29 is 9.84 Å². The maximum atomic E-state index is 9.13. The van der Waals surface area contributed by atoms with Gasteiger partial charge in [0.2, 0.25) is 0 Å². The minimum Gasteiger partial charge on any atom is -0.399 e. The molecule has 0 unspecified atom stereocenters. The highest BCUT2D eigenvalue weighted by Gasteiger charge is 2.14. The van der Waals surface area contributed by atoms with Gasteiger partial charge in [0.1, 0.15) is 0 Å². The van der Waals surface area contributed by atoms with Crippen LogP contribution in [0.2, 0.25) is 0 Å². The summed E-state index contributed by atoms with van der Waals surface area (Å²) >= 11 is 0. The zero-order valence-electron chi connectivity index (χ0n) is 14.3. The van der Waals surface area contributed by atoms with Gasteiger partial charge in [0, 0.05) is 43.3 Å². The molecule has 6 heteroatoms. The van der Waals surface area contributed by atoms with E-state index in [0.29, 0.717) is 6.42 Å². The monoisotopic (exact) mass is 363 g/mol. The number of benzene rings is 2. The molecule has 0 aliphatic carbocycles. The van der Waals surface area contributed by atoms with Crippen LogP contribution in [0.5, 0.6) is 0 Å². The fourth-order valence-corrected chi connectivity index (χ4v) is 3.02. The highest BCUT2D eigenvalue weighted by Crippen LogP contribution is 2.24. The van der Waals surface area contributed by atoms with Crippen molar-refractivity contribution in [2.24, 2.45) is 0 Å². The van der Waals surface area contributed by atoms with E-state index in [4.69, 9.17) is 15.6 Å². The Morgan fingerprint density at radius 1 is 1.08 bits per heavy atom.